The Labute approximate surface area is 68.3 Å². The summed E-state index contributed by atoms with van der Waals surface area (Å²) in [6.45, 7) is 0. The molecule has 0 N–H and O–H groups in total. The van der Waals surface area contributed by atoms with Crippen molar-refractivity contribution in [1.82, 2.24) is 0 Å². The predicted molar refractivity (Wildman–Crippen MR) is 41.7 cm³/mol. The first-order valence-corrected chi connectivity index (χ1v) is 3.94. The standard InChI is InChI=1S/C6H7NO3S/c1-10-6(9)5(3-11-2)7-4-8/h3H,1-2H3. The predicted octanol–water partition coefficient (Wildman–Crippen LogP) is 0.700. The quantitative estimate of drug-likeness (QED) is 0.273. The van der Waals surface area contributed by atoms with Crippen molar-refractivity contribution in [3.8, 4) is 0 Å². The van der Waals surface area contributed by atoms with E-state index in [4.69, 9.17) is 0 Å². The second-order valence-electron chi connectivity index (χ2n) is 1.43. The minimum absolute atomic E-state index is 0.0324. The minimum atomic E-state index is -0.636. The smallest absolute Gasteiger partial charge is 0.358 e. The van der Waals surface area contributed by atoms with Crippen LogP contribution in [-0.4, -0.2) is 25.4 Å². The highest BCUT2D eigenvalue weighted by Gasteiger charge is 2.06. The normalized spacial score (nSPS) is 10.2. The summed E-state index contributed by atoms with van der Waals surface area (Å²) >= 11 is 1.26. The molecule has 60 valence electrons. The van der Waals surface area contributed by atoms with E-state index in [1.54, 1.807) is 6.26 Å². The molecule has 0 radical (unpaired) electrons. The third-order valence-electron chi connectivity index (χ3n) is 0.790. The highest BCUT2D eigenvalue weighted by molar-refractivity contribution is 8.01. The van der Waals surface area contributed by atoms with Gasteiger partial charge in [0.15, 0.2) is 5.70 Å². The monoisotopic (exact) mass is 173 g/mol. The highest BCUT2D eigenvalue weighted by Crippen LogP contribution is 2.05. The van der Waals surface area contributed by atoms with E-state index in [-0.39, 0.29) is 5.70 Å². The van der Waals surface area contributed by atoms with Crippen LogP contribution in [0.5, 0.6) is 0 Å². The number of thioether (sulfide) groups is 1. The zero-order valence-corrected chi connectivity index (χ0v) is 6.97. The van der Waals surface area contributed by atoms with Gasteiger partial charge >= 0.3 is 5.97 Å². The van der Waals surface area contributed by atoms with Gasteiger partial charge in [-0.15, -0.1) is 11.8 Å². The number of esters is 1. The molecule has 0 spiro atoms. The van der Waals surface area contributed by atoms with Crippen molar-refractivity contribution in [2.45, 2.75) is 0 Å². The molecule has 0 fully saturated rings. The van der Waals surface area contributed by atoms with Crippen molar-refractivity contribution in [3.63, 3.8) is 0 Å². The van der Waals surface area contributed by atoms with Gasteiger partial charge in [-0.05, 0) is 6.26 Å². The lowest BCUT2D eigenvalue weighted by molar-refractivity contribution is -0.136. The van der Waals surface area contributed by atoms with Crippen molar-refractivity contribution in [1.29, 1.82) is 0 Å². The van der Waals surface area contributed by atoms with Crippen molar-refractivity contribution in [3.05, 3.63) is 11.1 Å². The molecule has 0 bridgehead atoms. The van der Waals surface area contributed by atoms with Gasteiger partial charge in [-0.3, -0.25) is 0 Å². The summed E-state index contributed by atoms with van der Waals surface area (Å²) in [5.41, 5.74) is -0.0324. The molecule has 0 atom stereocenters. The van der Waals surface area contributed by atoms with E-state index >= 15 is 0 Å². The van der Waals surface area contributed by atoms with Crippen LogP contribution in [0.25, 0.3) is 0 Å². The van der Waals surface area contributed by atoms with Crippen LogP contribution in [0.15, 0.2) is 16.1 Å². The van der Waals surface area contributed by atoms with Gasteiger partial charge in [0.25, 0.3) is 0 Å². The average Bonchev–Trinajstić information content (AvgIpc) is 2.03. The molecule has 0 heterocycles. The van der Waals surface area contributed by atoms with Crippen LogP contribution in [0, 0.1) is 0 Å². The van der Waals surface area contributed by atoms with Crippen LogP contribution >= 0.6 is 11.8 Å². The number of carbonyl (C=O) groups excluding carboxylic acids is 2. The van der Waals surface area contributed by atoms with Gasteiger partial charge in [-0.25, -0.2) is 9.59 Å². The number of hydrogen-bond donors (Lipinski definition) is 0. The Morgan fingerprint density at radius 2 is 2.36 bits per heavy atom. The number of carbonyl (C=O) groups is 1. The first-order chi connectivity index (χ1) is 5.26. The molecule has 0 unspecified atom stereocenters. The Morgan fingerprint density at radius 1 is 1.73 bits per heavy atom. The zero-order valence-electron chi connectivity index (χ0n) is 6.16. The summed E-state index contributed by atoms with van der Waals surface area (Å²) in [7, 11) is 1.22. The maximum Gasteiger partial charge on any atom is 0.358 e. The molecule has 4 nitrogen and oxygen atoms in total. The lowest BCUT2D eigenvalue weighted by atomic mass is 10.5. The Hall–Kier alpha value is -1.06. The molecule has 0 saturated carbocycles. The molecular weight excluding hydrogens is 166 g/mol. The summed E-state index contributed by atoms with van der Waals surface area (Å²) in [5.74, 6) is -0.636. The number of aliphatic imine (C=N–C) groups is 1. The van der Waals surface area contributed by atoms with Gasteiger partial charge in [0, 0.05) is 5.41 Å². The number of nitrogens with zero attached hydrogens (tertiary/aromatic N) is 1. The number of methoxy groups -OCH3 is 1. The third kappa shape index (κ3) is 3.60. The number of rotatable bonds is 3. The van der Waals surface area contributed by atoms with Gasteiger partial charge in [-0.2, -0.15) is 4.99 Å². The molecule has 0 aromatic heterocycles. The van der Waals surface area contributed by atoms with Gasteiger partial charge in [0.1, 0.15) is 0 Å². The Balaban J connectivity index is 4.46. The van der Waals surface area contributed by atoms with Crippen LogP contribution in [0.3, 0.4) is 0 Å². The molecule has 0 saturated heterocycles. The summed E-state index contributed by atoms with van der Waals surface area (Å²) in [6, 6.07) is 0. The van der Waals surface area contributed by atoms with Gasteiger partial charge in [-0.1, -0.05) is 0 Å². The maximum atomic E-state index is 10.7. The summed E-state index contributed by atoms with van der Waals surface area (Å²) in [5, 5.41) is 1.41. The summed E-state index contributed by atoms with van der Waals surface area (Å²) < 4.78 is 4.32. The molecule has 0 aliphatic rings. The number of ether oxygens (including phenoxy) is 1. The van der Waals surface area contributed by atoms with Crippen LogP contribution in [0.4, 0.5) is 0 Å². The Morgan fingerprint density at radius 3 is 2.73 bits per heavy atom. The van der Waals surface area contributed by atoms with E-state index < -0.39 is 5.97 Å². The third-order valence-corrected chi connectivity index (χ3v) is 1.25. The first-order valence-electron chi connectivity index (χ1n) is 2.65. The lowest BCUT2D eigenvalue weighted by Gasteiger charge is -1.94. The molecule has 0 aromatic carbocycles. The van der Waals surface area contributed by atoms with Crippen LogP contribution < -0.4 is 0 Å². The maximum absolute atomic E-state index is 10.7. The average molecular weight is 173 g/mol. The van der Waals surface area contributed by atoms with Crippen LogP contribution in [0.2, 0.25) is 0 Å². The molecule has 0 aliphatic carbocycles. The fraction of sp³-hybridized carbons (Fsp3) is 0.333. The van der Waals surface area contributed by atoms with Crippen molar-refractivity contribution < 1.29 is 14.3 Å². The summed E-state index contributed by atoms with van der Waals surface area (Å²) in [4.78, 5) is 23.6. The SMILES string of the molecule is COC(=O)C(=CSC)N=C=O. The van der Waals surface area contributed by atoms with E-state index in [9.17, 15) is 9.59 Å². The minimum Gasteiger partial charge on any atom is -0.464 e. The molecular formula is C6H7NO3S. The molecule has 0 amide bonds. The number of hydrogen-bond acceptors (Lipinski definition) is 5. The van der Waals surface area contributed by atoms with E-state index in [1.807, 2.05) is 0 Å². The lowest BCUT2D eigenvalue weighted by Crippen LogP contribution is -2.01. The summed E-state index contributed by atoms with van der Waals surface area (Å²) in [6.07, 6.45) is 3.00. The topological polar surface area (TPSA) is 55.7 Å². The largest absolute Gasteiger partial charge is 0.464 e. The fourth-order valence-electron chi connectivity index (χ4n) is 0.385. The molecule has 0 rings (SSSR count). The molecule has 11 heavy (non-hydrogen) atoms. The zero-order chi connectivity index (χ0) is 8.69. The first kappa shape index (κ1) is 9.94. The van der Waals surface area contributed by atoms with Crippen molar-refractivity contribution in [2.75, 3.05) is 13.4 Å². The van der Waals surface area contributed by atoms with E-state index in [0.717, 1.165) is 0 Å². The van der Waals surface area contributed by atoms with Gasteiger partial charge in [0.2, 0.25) is 6.08 Å². The van der Waals surface area contributed by atoms with Crippen molar-refractivity contribution >= 4 is 23.8 Å². The number of isocyanates is 1. The van der Waals surface area contributed by atoms with E-state index in [0.29, 0.717) is 0 Å². The Kier molecular flexibility index (Phi) is 5.15. The Bertz CT molecular complexity index is 218. The van der Waals surface area contributed by atoms with Gasteiger partial charge < -0.3 is 4.74 Å². The van der Waals surface area contributed by atoms with Crippen LogP contribution in [-0.2, 0) is 14.3 Å². The molecule has 0 aromatic rings. The second kappa shape index (κ2) is 5.70. The molecule has 5 heteroatoms. The van der Waals surface area contributed by atoms with Crippen molar-refractivity contribution in [2.24, 2.45) is 4.99 Å². The van der Waals surface area contributed by atoms with E-state index in [1.165, 1.54) is 30.4 Å². The van der Waals surface area contributed by atoms with E-state index in [2.05, 4.69) is 9.73 Å². The second-order valence-corrected chi connectivity index (χ2v) is 2.14. The van der Waals surface area contributed by atoms with Crippen LogP contribution in [0.1, 0.15) is 0 Å². The highest BCUT2D eigenvalue weighted by atomic mass is 32.2. The fourth-order valence-corrected chi connectivity index (χ4v) is 0.758. The molecule has 0 aliphatic heterocycles. The van der Waals surface area contributed by atoms with Gasteiger partial charge in [0.05, 0.1) is 7.11 Å².